The van der Waals surface area contributed by atoms with Gasteiger partial charge in [-0.1, -0.05) is 17.3 Å². The summed E-state index contributed by atoms with van der Waals surface area (Å²) >= 11 is 0. The van der Waals surface area contributed by atoms with Crippen LogP contribution in [0, 0.1) is 0 Å². The summed E-state index contributed by atoms with van der Waals surface area (Å²) in [5, 5.41) is 0. The van der Waals surface area contributed by atoms with Crippen LogP contribution in [0.3, 0.4) is 0 Å². The summed E-state index contributed by atoms with van der Waals surface area (Å²) < 4.78 is 24.8. The van der Waals surface area contributed by atoms with E-state index in [1.54, 1.807) is 0 Å². The highest BCUT2D eigenvalue weighted by Gasteiger charge is 2.24. The molecule has 1 rings (SSSR count). The van der Waals surface area contributed by atoms with Gasteiger partial charge in [0.05, 0.1) is 12.4 Å². The molecule has 6 heteroatoms. The number of hydrogen-bond donors (Lipinski definition) is 1. The van der Waals surface area contributed by atoms with Crippen LogP contribution in [0.15, 0.2) is 0 Å². The van der Waals surface area contributed by atoms with Crippen molar-refractivity contribution in [3.8, 4) is 0 Å². The Morgan fingerprint density at radius 3 is 2.50 bits per heavy atom. The van der Waals surface area contributed by atoms with Gasteiger partial charge in [-0.2, -0.15) is 0 Å². The molecule has 16 heavy (non-hydrogen) atoms. The average molecular weight is 250 g/mol. The molecule has 2 N–H and O–H groups in total. The topological polar surface area (TPSA) is 72.6 Å². The minimum Gasteiger partial charge on any atom is -0.330 e. The van der Waals surface area contributed by atoms with Gasteiger partial charge in [0.15, 0.2) is 0 Å². The van der Waals surface area contributed by atoms with Gasteiger partial charge < -0.3 is 5.73 Å². The third-order valence-corrected chi connectivity index (χ3v) is 4.35. The standard InChI is InChI=1S/C10H22N2O3S/c11-7-3-1-2-6-10-16(13,14)12-8-4-5-9-15-12/h1-11H2. The zero-order valence-electron chi connectivity index (χ0n) is 9.73. The fraction of sp³-hybridized carbons (Fsp3) is 1.00. The predicted molar refractivity (Wildman–Crippen MR) is 63.2 cm³/mol. The van der Waals surface area contributed by atoms with Gasteiger partial charge in [0.25, 0.3) is 0 Å². The van der Waals surface area contributed by atoms with E-state index in [-0.39, 0.29) is 5.75 Å². The highest BCUT2D eigenvalue weighted by atomic mass is 32.2. The summed E-state index contributed by atoms with van der Waals surface area (Å²) in [7, 11) is -3.19. The molecule has 0 amide bonds. The van der Waals surface area contributed by atoms with Crippen molar-refractivity contribution in [1.29, 1.82) is 0 Å². The predicted octanol–water partition coefficient (Wildman–Crippen LogP) is 0.863. The Kier molecular flexibility index (Phi) is 6.26. The normalized spacial score (nSPS) is 18.8. The van der Waals surface area contributed by atoms with Crippen molar-refractivity contribution in [3.05, 3.63) is 0 Å². The quantitative estimate of drug-likeness (QED) is 0.680. The van der Waals surface area contributed by atoms with E-state index >= 15 is 0 Å². The molecule has 0 atom stereocenters. The molecular weight excluding hydrogens is 228 g/mol. The van der Waals surface area contributed by atoms with Gasteiger partial charge in [-0.3, -0.25) is 4.84 Å². The number of unbranched alkanes of at least 4 members (excludes halogenated alkanes) is 3. The largest absolute Gasteiger partial charge is 0.330 e. The van der Waals surface area contributed by atoms with Crippen molar-refractivity contribution >= 4 is 10.0 Å². The summed E-state index contributed by atoms with van der Waals surface area (Å²) in [6, 6.07) is 0. The van der Waals surface area contributed by atoms with E-state index in [1.807, 2.05) is 0 Å². The van der Waals surface area contributed by atoms with Crippen molar-refractivity contribution < 1.29 is 13.3 Å². The summed E-state index contributed by atoms with van der Waals surface area (Å²) in [6.45, 7) is 1.71. The highest BCUT2D eigenvalue weighted by molar-refractivity contribution is 7.88. The number of sulfonamides is 1. The number of rotatable bonds is 7. The average Bonchev–Trinajstić information content (AvgIpc) is 2.30. The van der Waals surface area contributed by atoms with Crippen molar-refractivity contribution in [2.75, 3.05) is 25.4 Å². The Labute approximate surface area is 97.9 Å². The van der Waals surface area contributed by atoms with Crippen molar-refractivity contribution in [2.45, 2.75) is 38.5 Å². The first-order valence-corrected chi connectivity index (χ1v) is 7.61. The molecule has 1 heterocycles. The van der Waals surface area contributed by atoms with Crippen molar-refractivity contribution in [3.63, 3.8) is 0 Å². The van der Waals surface area contributed by atoms with E-state index in [2.05, 4.69) is 0 Å². The highest BCUT2D eigenvalue weighted by Crippen LogP contribution is 2.13. The van der Waals surface area contributed by atoms with Gasteiger partial charge in [-0.25, -0.2) is 8.42 Å². The second-order valence-corrected chi connectivity index (χ2v) is 6.06. The summed E-state index contributed by atoms with van der Waals surface area (Å²) in [6.07, 6.45) is 5.44. The van der Waals surface area contributed by atoms with Gasteiger partial charge >= 0.3 is 0 Å². The number of nitrogens with two attached hydrogens (primary N) is 1. The molecule has 0 radical (unpaired) electrons. The van der Waals surface area contributed by atoms with Crippen LogP contribution in [0.4, 0.5) is 0 Å². The smallest absolute Gasteiger partial charge is 0.236 e. The molecule has 0 aromatic rings. The van der Waals surface area contributed by atoms with Crippen molar-refractivity contribution in [2.24, 2.45) is 5.73 Å². The number of hydrogen-bond acceptors (Lipinski definition) is 4. The van der Waals surface area contributed by atoms with Crippen molar-refractivity contribution in [1.82, 2.24) is 4.47 Å². The van der Waals surface area contributed by atoms with E-state index < -0.39 is 10.0 Å². The van der Waals surface area contributed by atoms with Crippen LogP contribution >= 0.6 is 0 Å². The fourth-order valence-corrected chi connectivity index (χ4v) is 3.09. The Bertz CT molecular complexity index is 274. The number of nitrogens with zero attached hydrogens (tertiary/aromatic N) is 1. The Morgan fingerprint density at radius 1 is 1.12 bits per heavy atom. The maximum absolute atomic E-state index is 11.8. The maximum Gasteiger partial charge on any atom is 0.236 e. The Hall–Kier alpha value is -0.170. The summed E-state index contributed by atoms with van der Waals surface area (Å²) in [5.41, 5.74) is 5.37. The van der Waals surface area contributed by atoms with Gasteiger partial charge in [0.1, 0.15) is 0 Å². The van der Waals surface area contributed by atoms with Crippen LogP contribution in [0.5, 0.6) is 0 Å². The molecule has 0 aliphatic carbocycles. The lowest BCUT2D eigenvalue weighted by molar-refractivity contribution is -0.108. The van der Waals surface area contributed by atoms with Crippen LogP contribution in [0.2, 0.25) is 0 Å². The lowest BCUT2D eigenvalue weighted by atomic mass is 10.2. The minimum absolute atomic E-state index is 0.192. The van der Waals surface area contributed by atoms with E-state index in [9.17, 15) is 8.42 Å². The molecule has 1 aliphatic heterocycles. The van der Waals surface area contributed by atoms with E-state index in [0.29, 0.717) is 26.1 Å². The molecule has 0 bridgehead atoms. The SMILES string of the molecule is NCCCCCCS(=O)(=O)N1CCCCO1. The van der Waals surface area contributed by atoms with Crippen LogP contribution in [-0.4, -0.2) is 38.3 Å². The molecule has 1 saturated heterocycles. The third-order valence-electron chi connectivity index (χ3n) is 2.64. The second kappa shape index (κ2) is 7.21. The third kappa shape index (κ3) is 4.78. The zero-order valence-corrected chi connectivity index (χ0v) is 10.5. The van der Waals surface area contributed by atoms with Crippen LogP contribution in [-0.2, 0) is 14.9 Å². The van der Waals surface area contributed by atoms with Gasteiger partial charge in [-0.15, -0.1) is 0 Å². The maximum atomic E-state index is 11.8. The first-order chi connectivity index (χ1) is 7.67. The molecule has 0 saturated carbocycles. The first kappa shape index (κ1) is 13.9. The molecule has 0 aromatic carbocycles. The summed E-state index contributed by atoms with van der Waals surface area (Å²) in [5.74, 6) is 0.192. The lowest BCUT2D eigenvalue weighted by Crippen LogP contribution is -2.37. The summed E-state index contributed by atoms with van der Waals surface area (Å²) in [4.78, 5) is 5.15. The molecule has 0 aromatic heterocycles. The van der Waals surface area contributed by atoms with Gasteiger partial charge in [-0.05, 0) is 32.2 Å². The van der Waals surface area contributed by atoms with Crippen LogP contribution < -0.4 is 5.73 Å². The molecule has 96 valence electrons. The van der Waals surface area contributed by atoms with E-state index in [1.165, 1.54) is 4.47 Å². The lowest BCUT2D eigenvalue weighted by Gasteiger charge is -2.25. The van der Waals surface area contributed by atoms with Gasteiger partial charge in [0.2, 0.25) is 10.0 Å². The molecule has 1 aliphatic rings. The first-order valence-electron chi connectivity index (χ1n) is 6.00. The monoisotopic (exact) mass is 250 g/mol. The number of hydroxylamine groups is 1. The molecule has 0 spiro atoms. The zero-order chi connectivity index (χ0) is 11.9. The molecule has 1 fully saturated rings. The molecular formula is C10H22N2O3S. The Morgan fingerprint density at radius 2 is 1.88 bits per heavy atom. The van der Waals surface area contributed by atoms with Crippen LogP contribution in [0.25, 0.3) is 0 Å². The van der Waals surface area contributed by atoms with E-state index in [4.69, 9.17) is 10.6 Å². The van der Waals surface area contributed by atoms with Crippen LogP contribution in [0.1, 0.15) is 38.5 Å². The minimum atomic E-state index is -3.19. The molecule has 0 unspecified atom stereocenters. The van der Waals surface area contributed by atoms with Gasteiger partial charge in [0, 0.05) is 6.54 Å². The Balaban J connectivity index is 2.22. The van der Waals surface area contributed by atoms with E-state index in [0.717, 1.165) is 32.1 Å². The second-order valence-electron chi connectivity index (χ2n) is 4.09. The molecule has 5 nitrogen and oxygen atoms in total. The fourth-order valence-electron chi connectivity index (χ4n) is 1.68.